The Kier molecular flexibility index (Phi) is 5.99. The Balaban J connectivity index is 1.52. The smallest absolute Gasteiger partial charge is 0.311 e. The molecule has 0 radical (unpaired) electrons. The van der Waals surface area contributed by atoms with E-state index in [9.17, 15) is 14.4 Å². The van der Waals surface area contributed by atoms with E-state index in [1.807, 2.05) is 38.1 Å². The Morgan fingerprint density at radius 2 is 1.89 bits per heavy atom. The van der Waals surface area contributed by atoms with Crippen molar-refractivity contribution in [1.29, 1.82) is 0 Å². The van der Waals surface area contributed by atoms with Crippen LogP contribution < -0.4 is 10.2 Å². The summed E-state index contributed by atoms with van der Waals surface area (Å²) >= 11 is 6.02. The van der Waals surface area contributed by atoms with E-state index in [0.717, 1.165) is 16.8 Å². The molecule has 0 saturated carbocycles. The van der Waals surface area contributed by atoms with Gasteiger partial charge in [0.25, 0.3) is 5.91 Å². The molecule has 1 aliphatic heterocycles. The highest BCUT2D eigenvalue weighted by Crippen LogP contribution is 2.26. The van der Waals surface area contributed by atoms with Gasteiger partial charge < -0.3 is 15.0 Å². The number of aryl methyl sites for hydroxylation is 2. The van der Waals surface area contributed by atoms with Crippen LogP contribution in [0, 0.1) is 19.8 Å². The predicted octanol–water partition coefficient (Wildman–Crippen LogP) is 3.49. The zero-order chi connectivity index (χ0) is 20.3. The Hall–Kier alpha value is -2.86. The summed E-state index contributed by atoms with van der Waals surface area (Å²) in [4.78, 5) is 38.1. The number of halogens is 1. The number of anilines is 2. The number of benzene rings is 2. The van der Waals surface area contributed by atoms with Crippen LogP contribution in [0.1, 0.15) is 17.5 Å². The number of carbonyl (C=O) groups excluding carboxylic acids is 3. The second kappa shape index (κ2) is 8.44. The first kappa shape index (κ1) is 19.9. The third kappa shape index (κ3) is 4.70. The first-order chi connectivity index (χ1) is 13.3. The molecule has 1 saturated heterocycles. The fourth-order valence-corrected chi connectivity index (χ4v) is 3.14. The Morgan fingerprint density at radius 3 is 2.57 bits per heavy atom. The van der Waals surface area contributed by atoms with Crippen molar-refractivity contribution in [3.63, 3.8) is 0 Å². The Morgan fingerprint density at radius 1 is 1.18 bits per heavy atom. The van der Waals surface area contributed by atoms with Crippen LogP contribution in [0.2, 0.25) is 5.02 Å². The molecule has 6 nitrogen and oxygen atoms in total. The van der Waals surface area contributed by atoms with Crippen molar-refractivity contribution in [2.24, 2.45) is 5.92 Å². The van der Waals surface area contributed by atoms with Gasteiger partial charge in [-0.2, -0.15) is 0 Å². The molecule has 1 fully saturated rings. The molecule has 1 heterocycles. The third-order valence-corrected chi connectivity index (χ3v) is 5.01. The summed E-state index contributed by atoms with van der Waals surface area (Å²) in [6, 6.07) is 12.7. The van der Waals surface area contributed by atoms with Crippen molar-refractivity contribution >= 4 is 40.8 Å². The van der Waals surface area contributed by atoms with E-state index in [-0.39, 0.29) is 18.9 Å². The van der Waals surface area contributed by atoms with E-state index in [1.165, 1.54) is 0 Å². The summed E-state index contributed by atoms with van der Waals surface area (Å²) in [7, 11) is 0. The van der Waals surface area contributed by atoms with Gasteiger partial charge in [0, 0.05) is 29.4 Å². The average molecular weight is 401 g/mol. The van der Waals surface area contributed by atoms with E-state index >= 15 is 0 Å². The van der Waals surface area contributed by atoms with Gasteiger partial charge in [0.05, 0.1) is 5.92 Å². The van der Waals surface area contributed by atoms with Gasteiger partial charge in [-0.15, -0.1) is 0 Å². The molecule has 2 amide bonds. The summed E-state index contributed by atoms with van der Waals surface area (Å²) in [6.07, 6.45) is 0.0713. The molecule has 1 atom stereocenters. The van der Waals surface area contributed by atoms with Crippen molar-refractivity contribution in [2.75, 3.05) is 23.4 Å². The number of hydrogen-bond acceptors (Lipinski definition) is 4. The number of nitrogens with one attached hydrogen (secondary N) is 1. The van der Waals surface area contributed by atoms with Crippen LogP contribution in [-0.4, -0.2) is 30.9 Å². The van der Waals surface area contributed by atoms with E-state index in [4.69, 9.17) is 16.3 Å². The molecule has 3 rings (SSSR count). The molecule has 0 aromatic heterocycles. The first-order valence-corrected chi connectivity index (χ1v) is 9.31. The molecule has 0 unspecified atom stereocenters. The van der Waals surface area contributed by atoms with E-state index < -0.39 is 24.4 Å². The second-order valence-electron chi connectivity index (χ2n) is 6.86. The number of amides is 2. The summed E-state index contributed by atoms with van der Waals surface area (Å²) in [6.45, 7) is 3.65. The molecule has 2 aromatic rings. The molecule has 28 heavy (non-hydrogen) atoms. The van der Waals surface area contributed by atoms with Gasteiger partial charge in [-0.25, -0.2) is 0 Å². The van der Waals surface area contributed by atoms with Gasteiger partial charge in [0.15, 0.2) is 6.61 Å². The standard InChI is InChI=1S/C21H21ClN2O4/c1-13-3-7-17(8-4-13)24-11-15(9-20(24)26)21(27)28-12-19(25)23-16-6-5-14(2)18(22)10-16/h3-8,10,15H,9,11-12H2,1-2H3,(H,23,25)/t15-/m0/s1. The number of rotatable bonds is 5. The minimum absolute atomic E-state index is 0.0713. The maximum atomic E-state index is 12.3. The van der Waals surface area contributed by atoms with Crippen LogP contribution in [-0.2, 0) is 19.1 Å². The van der Waals surface area contributed by atoms with Crippen LogP contribution in [0.15, 0.2) is 42.5 Å². The molecule has 7 heteroatoms. The van der Waals surface area contributed by atoms with Crippen molar-refractivity contribution in [3.8, 4) is 0 Å². The first-order valence-electron chi connectivity index (χ1n) is 8.93. The highest BCUT2D eigenvalue weighted by molar-refractivity contribution is 6.31. The average Bonchev–Trinajstić information content (AvgIpc) is 3.05. The predicted molar refractivity (Wildman–Crippen MR) is 107 cm³/mol. The lowest BCUT2D eigenvalue weighted by atomic mass is 10.1. The lowest BCUT2D eigenvalue weighted by Gasteiger charge is -2.16. The second-order valence-corrected chi connectivity index (χ2v) is 7.27. The third-order valence-electron chi connectivity index (χ3n) is 4.61. The van der Waals surface area contributed by atoms with Crippen LogP contribution >= 0.6 is 11.6 Å². The van der Waals surface area contributed by atoms with Crippen LogP contribution in [0.3, 0.4) is 0 Å². The summed E-state index contributed by atoms with van der Waals surface area (Å²) in [5.74, 6) is -1.74. The lowest BCUT2D eigenvalue weighted by molar-refractivity contribution is -0.151. The molecule has 2 aromatic carbocycles. The van der Waals surface area contributed by atoms with Crippen molar-refractivity contribution in [3.05, 3.63) is 58.6 Å². The SMILES string of the molecule is Cc1ccc(N2C[C@@H](C(=O)OCC(=O)Nc3ccc(C)c(Cl)c3)CC2=O)cc1. The molecular weight excluding hydrogens is 380 g/mol. The van der Waals surface area contributed by atoms with Crippen LogP contribution in [0.4, 0.5) is 11.4 Å². The lowest BCUT2D eigenvalue weighted by Crippen LogP contribution is -2.28. The highest BCUT2D eigenvalue weighted by atomic mass is 35.5. The number of hydrogen-bond donors (Lipinski definition) is 1. The molecule has 146 valence electrons. The molecule has 0 aliphatic carbocycles. The number of nitrogens with zero attached hydrogens (tertiary/aromatic N) is 1. The van der Waals surface area contributed by atoms with Crippen LogP contribution in [0.5, 0.6) is 0 Å². The van der Waals surface area contributed by atoms with Gasteiger partial charge in [-0.3, -0.25) is 14.4 Å². The Labute approximate surface area is 168 Å². The van der Waals surface area contributed by atoms with Gasteiger partial charge in [-0.1, -0.05) is 35.4 Å². The van der Waals surface area contributed by atoms with Gasteiger partial charge in [0.2, 0.25) is 5.91 Å². The summed E-state index contributed by atoms with van der Waals surface area (Å²) < 4.78 is 5.10. The fourth-order valence-electron chi connectivity index (χ4n) is 2.96. The largest absolute Gasteiger partial charge is 0.455 e. The van der Waals surface area contributed by atoms with Gasteiger partial charge in [0.1, 0.15) is 0 Å². The molecule has 1 aliphatic rings. The molecule has 1 N–H and O–H groups in total. The van der Waals surface area contributed by atoms with Crippen molar-refractivity contribution in [1.82, 2.24) is 0 Å². The molecular formula is C21H21ClN2O4. The summed E-state index contributed by atoms with van der Waals surface area (Å²) in [5, 5.41) is 3.16. The van der Waals surface area contributed by atoms with E-state index in [0.29, 0.717) is 10.7 Å². The summed E-state index contributed by atoms with van der Waals surface area (Å²) in [5.41, 5.74) is 3.26. The van der Waals surface area contributed by atoms with Gasteiger partial charge >= 0.3 is 5.97 Å². The maximum absolute atomic E-state index is 12.3. The minimum atomic E-state index is -0.588. The van der Waals surface area contributed by atoms with Crippen molar-refractivity contribution < 1.29 is 19.1 Å². The van der Waals surface area contributed by atoms with E-state index in [1.54, 1.807) is 23.1 Å². The highest BCUT2D eigenvalue weighted by Gasteiger charge is 2.36. The fraction of sp³-hybridized carbons (Fsp3) is 0.286. The van der Waals surface area contributed by atoms with Crippen LogP contribution in [0.25, 0.3) is 0 Å². The number of ether oxygens (including phenoxy) is 1. The normalized spacial score (nSPS) is 16.2. The number of esters is 1. The monoisotopic (exact) mass is 400 g/mol. The Bertz CT molecular complexity index is 911. The van der Waals surface area contributed by atoms with Crippen molar-refractivity contribution in [2.45, 2.75) is 20.3 Å². The number of carbonyl (C=O) groups is 3. The molecule has 0 spiro atoms. The van der Waals surface area contributed by atoms with E-state index in [2.05, 4.69) is 5.32 Å². The zero-order valence-corrected chi connectivity index (χ0v) is 16.5. The maximum Gasteiger partial charge on any atom is 0.311 e. The quantitative estimate of drug-likeness (QED) is 0.779. The molecule has 0 bridgehead atoms. The zero-order valence-electron chi connectivity index (χ0n) is 15.7. The van der Waals surface area contributed by atoms with Gasteiger partial charge in [-0.05, 0) is 43.7 Å². The minimum Gasteiger partial charge on any atom is -0.455 e. The topological polar surface area (TPSA) is 75.7 Å².